The molecule has 0 aliphatic carbocycles. The summed E-state index contributed by atoms with van der Waals surface area (Å²) in [5, 5.41) is 2.18. The number of rotatable bonds is 18. The van der Waals surface area contributed by atoms with Crippen LogP contribution in [0.25, 0.3) is 10.8 Å². The predicted octanol–water partition coefficient (Wildman–Crippen LogP) is 9.27. The third-order valence-electron chi connectivity index (χ3n) is 6.61. The third-order valence-corrected chi connectivity index (χ3v) is 6.61. The smallest absolute Gasteiger partial charge is 0.126 e. The van der Waals surface area contributed by atoms with Crippen LogP contribution >= 0.6 is 0 Å². The van der Waals surface area contributed by atoms with Crippen LogP contribution in [0.15, 0.2) is 30.3 Å². The number of hydrogen-bond acceptors (Lipinski definition) is 3. The minimum Gasteiger partial charge on any atom is -0.496 e. The van der Waals surface area contributed by atoms with Crippen LogP contribution in [-0.4, -0.2) is 20.8 Å². The third kappa shape index (κ3) is 9.57. The van der Waals surface area contributed by atoms with Crippen molar-refractivity contribution in [3.8, 4) is 11.5 Å². The molecule has 0 aliphatic rings. The minimum atomic E-state index is 0.137. The fourth-order valence-electron chi connectivity index (χ4n) is 4.48. The van der Waals surface area contributed by atoms with Gasteiger partial charge in [0.25, 0.3) is 0 Å². The van der Waals surface area contributed by atoms with Crippen molar-refractivity contribution in [2.45, 2.75) is 104 Å². The molecule has 33 heavy (non-hydrogen) atoms. The normalized spacial score (nSPS) is 12.4. The molecule has 2 rings (SSSR count). The standard InChI is InChI=1S/C30H48O3/c1-6-7-8-9-10-11-12-13-14-15-16-28(33-22-21-24(2)3)25-17-18-26-27(23-25)30(32-5)20-19-29(26)31-4/h17-20,23-24,28H,6-16,21-22H2,1-5H3. The van der Waals surface area contributed by atoms with Crippen molar-refractivity contribution in [1.29, 1.82) is 0 Å². The molecule has 0 bridgehead atoms. The highest BCUT2D eigenvalue weighted by Crippen LogP contribution is 2.36. The van der Waals surface area contributed by atoms with E-state index in [1.807, 2.05) is 12.1 Å². The predicted molar refractivity (Wildman–Crippen MR) is 142 cm³/mol. The lowest BCUT2D eigenvalue weighted by Gasteiger charge is -2.20. The number of benzene rings is 2. The molecule has 3 nitrogen and oxygen atoms in total. The summed E-state index contributed by atoms with van der Waals surface area (Å²) in [6, 6.07) is 10.6. The molecule has 0 spiro atoms. The zero-order chi connectivity index (χ0) is 23.9. The first-order chi connectivity index (χ1) is 16.1. The Morgan fingerprint density at radius 2 is 1.24 bits per heavy atom. The number of hydrogen-bond donors (Lipinski definition) is 0. The van der Waals surface area contributed by atoms with Crippen LogP contribution in [0.4, 0.5) is 0 Å². The van der Waals surface area contributed by atoms with Gasteiger partial charge < -0.3 is 14.2 Å². The zero-order valence-electron chi connectivity index (χ0n) is 22.0. The van der Waals surface area contributed by atoms with E-state index in [1.165, 1.54) is 69.8 Å². The molecular weight excluding hydrogens is 408 g/mol. The quantitative estimate of drug-likeness (QED) is 0.209. The van der Waals surface area contributed by atoms with Gasteiger partial charge in [0.1, 0.15) is 11.5 Å². The summed E-state index contributed by atoms with van der Waals surface area (Å²) in [7, 11) is 3.45. The van der Waals surface area contributed by atoms with E-state index in [0.29, 0.717) is 5.92 Å². The molecule has 0 N–H and O–H groups in total. The van der Waals surface area contributed by atoms with E-state index < -0.39 is 0 Å². The van der Waals surface area contributed by atoms with E-state index in [0.717, 1.165) is 41.7 Å². The number of methoxy groups -OCH3 is 2. The topological polar surface area (TPSA) is 27.7 Å². The average Bonchev–Trinajstić information content (AvgIpc) is 2.82. The lowest BCUT2D eigenvalue weighted by Crippen LogP contribution is -2.08. The Balaban J connectivity index is 1.96. The van der Waals surface area contributed by atoms with Gasteiger partial charge in [0.2, 0.25) is 0 Å². The van der Waals surface area contributed by atoms with Gasteiger partial charge in [-0.2, -0.15) is 0 Å². The van der Waals surface area contributed by atoms with Crippen LogP contribution in [0, 0.1) is 5.92 Å². The molecule has 0 radical (unpaired) electrons. The first-order valence-corrected chi connectivity index (χ1v) is 13.4. The highest BCUT2D eigenvalue weighted by Gasteiger charge is 2.16. The van der Waals surface area contributed by atoms with Crippen molar-refractivity contribution < 1.29 is 14.2 Å². The van der Waals surface area contributed by atoms with Gasteiger partial charge in [-0.3, -0.25) is 0 Å². The second-order valence-corrected chi connectivity index (χ2v) is 9.79. The van der Waals surface area contributed by atoms with E-state index in [2.05, 4.69) is 39.0 Å². The molecule has 0 amide bonds. The van der Waals surface area contributed by atoms with Crippen LogP contribution in [0.1, 0.15) is 109 Å². The van der Waals surface area contributed by atoms with Crippen molar-refractivity contribution in [2.75, 3.05) is 20.8 Å². The molecular formula is C30H48O3. The molecule has 0 heterocycles. The van der Waals surface area contributed by atoms with Crippen molar-refractivity contribution in [1.82, 2.24) is 0 Å². The Hall–Kier alpha value is -1.74. The molecule has 2 aromatic carbocycles. The fourth-order valence-corrected chi connectivity index (χ4v) is 4.48. The summed E-state index contributed by atoms with van der Waals surface area (Å²) >= 11 is 0. The minimum absolute atomic E-state index is 0.137. The summed E-state index contributed by atoms with van der Waals surface area (Å²) in [6.07, 6.45) is 15.9. The zero-order valence-corrected chi connectivity index (χ0v) is 22.0. The summed E-state index contributed by atoms with van der Waals surface area (Å²) < 4.78 is 17.6. The number of unbranched alkanes of at least 4 members (excludes halogenated alkanes) is 9. The van der Waals surface area contributed by atoms with Crippen LogP contribution in [0.3, 0.4) is 0 Å². The Kier molecular flexibility index (Phi) is 13.3. The lowest BCUT2D eigenvalue weighted by atomic mass is 9.98. The summed E-state index contributed by atoms with van der Waals surface area (Å²) in [4.78, 5) is 0. The van der Waals surface area contributed by atoms with Gasteiger partial charge in [-0.1, -0.05) is 97.1 Å². The molecule has 0 fully saturated rings. The highest BCUT2D eigenvalue weighted by atomic mass is 16.5. The van der Waals surface area contributed by atoms with E-state index in [-0.39, 0.29) is 6.10 Å². The van der Waals surface area contributed by atoms with E-state index >= 15 is 0 Å². The van der Waals surface area contributed by atoms with E-state index in [9.17, 15) is 0 Å². The van der Waals surface area contributed by atoms with E-state index in [1.54, 1.807) is 14.2 Å². The van der Waals surface area contributed by atoms with Crippen LogP contribution < -0.4 is 9.47 Å². The molecule has 0 aromatic heterocycles. The second-order valence-electron chi connectivity index (χ2n) is 9.79. The molecule has 186 valence electrons. The summed E-state index contributed by atoms with van der Waals surface area (Å²) in [6.45, 7) is 7.61. The first kappa shape index (κ1) is 27.5. The maximum absolute atomic E-state index is 6.43. The SMILES string of the molecule is CCCCCCCCCCCCC(OCCC(C)C)c1ccc2c(OC)ccc(OC)c2c1. The molecule has 3 heteroatoms. The summed E-state index contributed by atoms with van der Waals surface area (Å²) in [5.74, 6) is 2.42. The summed E-state index contributed by atoms with van der Waals surface area (Å²) in [5.41, 5.74) is 1.24. The van der Waals surface area contributed by atoms with Crippen LogP contribution in [-0.2, 0) is 4.74 Å². The molecule has 0 aliphatic heterocycles. The molecule has 0 saturated heterocycles. The van der Waals surface area contributed by atoms with Gasteiger partial charge in [-0.15, -0.1) is 0 Å². The van der Waals surface area contributed by atoms with Gasteiger partial charge in [0.05, 0.1) is 20.3 Å². The molecule has 0 saturated carbocycles. The van der Waals surface area contributed by atoms with E-state index in [4.69, 9.17) is 14.2 Å². The van der Waals surface area contributed by atoms with Crippen molar-refractivity contribution in [2.24, 2.45) is 5.92 Å². The van der Waals surface area contributed by atoms with Crippen molar-refractivity contribution in [3.63, 3.8) is 0 Å². The van der Waals surface area contributed by atoms with Gasteiger partial charge in [-0.05, 0) is 42.5 Å². The van der Waals surface area contributed by atoms with Gasteiger partial charge >= 0.3 is 0 Å². The maximum atomic E-state index is 6.43. The Morgan fingerprint density at radius 3 is 1.82 bits per heavy atom. The lowest BCUT2D eigenvalue weighted by molar-refractivity contribution is 0.0383. The molecule has 1 unspecified atom stereocenters. The van der Waals surface area contributed by atoms with Gasteiger partial charge in [0.15, 0.2) is 0 Å². The van der Waals surface area contributed by atoms with Gasteiger partial charge in [0, 0.05) is 17.4 Å². The van der Waals surface area contributed by atoms with Crippen LogP contribution in [0.2, 0.25) is 0 Å². The first-order valence-electron chi connectivity index (χ1n) is 13.4. The largest absolute Gasteiger partial charge is 0.496 e. The van der Waals surface area contributed by atoms with Crippen molar-refractivity contribution in [3.05, 3.63) is 35.9 Å². The Labute approximate surface area is 203 Å². The Morgan fingerprint density at radius 1 is 0.667 bits per heavy atom. The Bertz CT molecular complexity index is 783. The monoisotopic (exact) mass is 456 g/mol. The van der Waals surface area contributed by atoms with Gasteiger partial charge in [-0.25, -0.2) is 0 Å². The second kappa shape index (κ2) is 16.0. The maximum Gasteiger partial charge on any atom is 0.126 e. The van der Waals surface area contributed by atoms with Crippen molar-refractivity contribution >= 4 is 10.8 Å². The number of fused-ring (bicyclic) bond motifs is 1. The van der Waals surface area contributed by atoms with Crippen LogP contribution in [0.5, 0.6) is 11.5 Å². The molecule has 1 atom stereocenters. The fraction of sp³-hybridized carbons (Fsp3) is 0.667. The molecule has 2 aromatic rings. The number of ether oxygens (including phenoxy) is 3. The average molecular weight is 457 g/mol. The highest BCUT2D eigenvalue weighted by molar-refractivity contribution is 5.93.